The first-order chi connectivity index (χ1) is 10.1. The van der Waals surface area contributed by atoms with Crippen LogP contribution in [-0.2, 0) is 14.3 Å². The summed E-state index contributed by atoms with van der Waals surface area (Å²) in [7, 11) is 0. The van der Waals surface area contributed by atoms with E-state index in [1.54, 1.807) is 0 Å². The van der Waals surface area contributed by atoms with Gasteiger partial charge in [-0.05, 0) is 26.2 Å². The predicted octanol–water partition coefficient (Wildman–Crippen LogP) is 0.305. The second-order valence-corrected chi connectivity index (χ2v) is 6.07. The summed E-state index contributed by atoms with van der Waals surface area (Å²) in [6.07, 6.45) is 7.08. The van der Waals surface area contributed by atoms with Crippen LogP contribution >= 0.6 is 0 Å². The molecule has 0 bridgehead atoms. The minimum absolute atomic E-state index is 0.00190. The molecule has 6 nitrogen and oxygen atoms in total. The summed E-state index contributed by atoms with van der Waals surface area (Å²) in [6, 6.07) is 0.177. The SMILES string of the molecule is CCOC1CC(NC(=O)CNC(=O)CN)C12CCCCC2. The molecule has 2 aliphatic rings. The summed E-state index contributed by atoms with van der Waals surface area (Å²) in [5, 5.41) is 5.58. The van der Waals surface area contributed by atoms with Gasteiger partial charge in [0.25, 0.3) is 0 Å². The Kier molecular flexibility index (Phi) is 5.58. The number of nitrogens with one attached hydrogen (secondary N) is 2. The smallest absolute Gasteiger partial charge is 0.239 e. The molecule has 0 aliphatic heterocycles. The maximum absolute atomic E-state index is 11.9. The summed E-state index contributed by atoms with van der Waals surface area (Å²) in [5.41, 5.74) is 5.31. The van der Waals surface area contributed by atoms with Crippen molar-refractivity contribution in [1.82, 2.24) is 10.6 Å². The van der Waals surface area contributed by atoms with Gasteiger partial charge in [-0.25, -0.2) is 0 Å². The lowest BCUT2D eigenvalue weighted by Gasteiger charge is -2.57. The van der Waals surface area contributed by atoms with E-state index in [9.17, 15) is 9.59 Å². The van der Waals surface area contributed by atoms with E-state index >= 15 is 0 Å². The molecule has 2 aliphatic carbocycles. The molecule has 21 heavy (non-hydrogen) atoms. The molecule has 1 spiro atoms. The lowest BCUT2D eigenvalue weighted by molar-refractivity contribution is -0.156. The summed E-state index contributed by atoms with van der Waals surface area (Å²) >= 11 is 0. The van der Waals surface area contributed by atoms with Crippen molar-refractivity contribution >= 4 is 11.8 Å². The number of hydrogen-bond donors (Lipinski definition) is 3. The molecule has 0 radical (unpaired) electrons. The monoisotopic (exact) mass is 297 g/mol. The largest absolute Gasteiger partial charge is 0.378 e. The zero-order chi connectivity index (χ0) is 15.3. The Morgan fingerprint density at radius 1 is 1.24 bits per heavy atom. The number of nitrogens with two attached hydrogens (primary N) is 1. The molecule has 2 unspecified atom stereocenters. The van der Waals surface area contributed by atoms with Crippen molar-refractivity contribution in [2.24, 2.45) is 11.1 Å². The van der Waals surface area contributed by atoms with E-state index in [1.807, 2.05) is 6.92 Å². The van der Waals surface area contributed by atoms with Gasteiger partial charge in [0.05, 0.1) is 19.2 Å². The fourth-order valence-electron chi connectivity index (χ4n) is 3.76. The average molecular weight is 297 g/mol. The first-order valence-electron chi connectivity index (χ1n) is 8.00. The third kappa shape index (κ3) is 3.55. The van der Waals surface area contributed by atoms with E-state index in [0.29, 0.717) is 0 Å². The molecule has 2 amide bonds. The number of carbonyl (C=O) groups excluding carboxylic acids is 2. The van der Waals surface area contributed by atoms with Crippen molar-refractivity contribution in [2.45, 2.75) is 57.6 Å². The zero-order valence-electron chi connectivity index (χ0n) is 12.8. The highest BCUT2D eigenvalue weighted by molar-refractivity contribution is 5.85. The highest BCUT2D eigenvalue weighted by Gasteiger charge is 2.55. The first-order valence-corrected chi connectivity index (χ1v) is 8.00. The van der Waals surface area contributed by atoms with Crippen LogP contribution < -0.4 is 16.4 Å². The summed E-state index contributed by atoms with van der Waals surface area (Å²) in [5.74, 6) is -0.444. The van der Waals surface area contributed by atoms with Crippen molar-refractivity contribution in [3.8, 4) is 0 Å². The zero-order valence-corrected chi connectivity index (χ0v) is 12.8. The van der Waals surface area contributed by atoms with Gasteiger partial charge in [-0.3, -0.25) is 9.59 Å². The van der Waals surface area contributed by atoms with Crippen molar-refractivity contribution in [3.05, 3.63) is 0 Å². The molecule has 2 fully saturated rings. The van der Waals surface area contributed by atoms with Gasteiger partial charge < -0.3 is 21.1 Å². The van der Waals surface area contributed by atoms with Crippen LogP contribution in [0.4, 0.5) is 0 Å². The maximum Gasteiger partial charge on any atom is 0.239 e. The fourth-order valence-corrected chi connectivity index (χ4v) is 3.76. The molecule has 2 rings (SSSR count). The lowest BCUT2D eigenvalue weighted by atomic mass is 9.55. The minimum atomic E-state index is -0.307. The van der Waals surface area contributed by atoms with E-state index in [1.165, 1.54) is 19.3 Å². The fraction of sp³-hybridized carbons (Fsp3) is 0.867. The van der Waals surface area contributed by atoms with Crippen molar-refractivity contribution in [3.63, 3.8) is 0 Å². The van der Waals surface area contributed by atoms with E-state index in [2.05, 4.69) is 10.6 Å². The third-order valence-corrected chi connectivity index (χ3v) is 4.90. The van der Waals surface area contributed by atoms with Crippen LogP contribution in [0.5, 0.6) is 0 Å². The second-order valence-electron chi connectivity index (χ2n) is 6.07. The normalized spacial score (nSPS) is 27.0. The van der Waals surface area contributed by atoms with Gasteiger partial charge in [0, 0.05) is 18.1 Å². The van der Waals surface area contributed by atoms with Crippen LogP contribution in [0.25, 0.3) is 0 Å². The molecule has 2 atom stereocenters. The van der Waals surface area contributed by atoms with Gasteiger partial charge in [0.1, 0.15) is 0 Å². The van der Waals surface area contributed by atoms with Gasteiger partial charge in [0.15, 0.2) is 0 Å². The molecule has 0 saturated heterocycles. The summed E-state index contributed by atoms with van der Waals surface area (Å²) in [4.78, 5) is 23.0. The number of amides is 2. The molecule has 0 aromatic rings. The molecule has 2 saturated carbocycles. The Morgan fingerprint density at radius 3 is 2.57 bits per heavy atom. The van der Waals surface area contributed by atoms with Crippen LogP contribution in [0.3, 0.4) is 0 Å². The number of carbonyl (C=O) groups is 2. The molecule has 0 heterocycles. The molecule has 0 aromatic heterocycles. The molecule has 6 heteroatoms. The molecular weight excluding hydrogens is 270 g/mol. The second kappa shape index (κ2) is 7.22. The summed E-state index contributed by atoms with van der Waals surface area (Å²) in [6.45, 7) is 2.65. The molecular formula is C15H27N3O3. The Balaban J connectivity index is 1.87. The van der Waals surface area contributed by atoms with Crippen molar-refractivity contribution in [2.75, 3.05) is 19.7 Å². The van der Waals surface area contributed by atoms with E-state index < -0.39 is 0 Å². The Bertz CT molecular complexity index is 380. The topological polar surface area (TPSA) is 93.5 Å². The summed E-state index contributed by atoms with van der Waals surface area (Å²) < 4.78 is 5.86. The average Bonchev–Trinajstić information content (AvgIpc) is 2.52. The van der Waals surface area contributed by atoms with Crippen molar-refractivity contribution in [1.29, 1.82) is 0 Å². The lowest BCUT2D eigenvalue weighted by Crippen LogP contribution is -2.66. The van der Waals surface area contributed by atoms with Crippen LogP contribution in [0.1, 0.15) is 45.4 Å². The predicted molar refractivity (Wildman–Crippen MR) is 79.5 cm³/mol. The third-order valence-electron chi connectivity index (χ3n) is 4.90. The molecule has 4 N–H and O–H groups in total. The van der Waals surface area contributed by atoms with Gasteiger partial charge in [-0.1, -0.05) is 19.3 Å². The van der Waals surface area contributed by atoms with Crippen LogP contribution in [0.2, 0.25) is 0 Å². The number of ether oxygens (including phenoxy) is 1. The Labute approximate surface area is 126 Å². The minimum Gasteiger partial charge on any atom is -0.378 e. The van der Waals surface area contributed by atoms with Gasteiger partial charge >= 0.3 is 0 Å². The molecule has 120 valence electrons. The maximum atomic E-state index is 11.9. The number of rotatable bonds is 6. The Morgan fingerprint density at radius 2 is 1.95 bits per heavy atom. The Hall–Kier alpha value is -1.14. The van der Waals surface area contributed by atoms with Gasteiger partial charge in [-0.2, -0.15) is 0 Å². The van der Waals surface area contributed by atoms with E-state index in [-0.39, 0.29) is 42.5 Å². The van der Waals surface area contributed by atoms with Gasteiger partial charge in [0.2, 0.25) is 11.8 Å². The highest BCUT2D eigenvalue weighted by atomic mass is 16.5. The quantitative estimate of drug-likeness (QED) is 0.657. The van der Waals surface area contributed by atoms with Gasteiger partial charge in [-0.15, -0.1) is 0 Å². The highest BCUT2D eigenvalue weighted by Crippen LogP contribution is 2.53. The first kappa shape index (κ1) is 16.2. The number of hydrogen-bond acceptors (Lipinski definition) is 4. The van der Waals surface area contributed by atoms with Crippen LogP contribution in [0, 0.1) is 5.41 Å². The van der Waals surface area contributed by atoms with Crippen LogP contribution in [0.15, 0.2) is 0 Å². The standard InChI is InChI=1S/C15H27N3O3/c1-2-21-12-8-11(15(12)6-4-3-5-7-15)18-14(20)10-17-13(19)9-16/h11-12H,2-10,16H2,1H3,(H,17,19)(H,18,20). The van der Waals surface area contributed by atoms with Crippen molar-refractivity contribution < 1.29 is 14.3 Å². The van der Waals surface area contributed by atoms with E-state index in [4.69, 9.17) is 10.5 Å². The van der Waals surface area contributed by atoms with E-state index in [0.717, 1.165) is 25.9 Å². The van der Waals surface area contributed by atoms with Crippen LogP contribution in [-0.4, -0.2) is 43.7 Å². The molecule has 0 aromatic carbocycles.